The van der Waals surface area contributed by atoms with Crippen LogP contribution in [0.15, 0.2) is 72.8 Å². The maximum absolute atomic E-state index is 13.4. The molecule has 1 aliphatic heterocycles. The number of amides is 2. The van der Waals surface area contributed by atoms with Crippen LogP contribution in [0.2, 0.25) is 0 Å². The SMILES string of the molecule is COc1cccc(C(=O)Nc2ccc(C(=O)N3CCCC(N(C)C)c4ccccc43)cc2)c1. The van der Waals surface area contributed by atoms with Crippen LogP contribution in [0.25, 0.3) is 0 Å². The maximum Gasteiger partial charge on any atom is 0.258 e. The van der Waals surface area contributed by atoms with E-state index in [1.807, 2.05) is 23.1 Å². The lowest BCUT2D eigenvalue weighted by Crippen LogP contribution is -2.31. The van der Waals surface area contributed by atoms with Crippen LogP contribution in [-0.2, 0) is 0 Å². The normalized spacial score (nSPS) is 15.5. The first-order valence-electron chi connectivity index (χ1n) is 11.1. The molecule has 0 fully saturated rings. The zero-order chi connectivity index (χ0) is 23.4. The Morgan fingerprint density at radius 1 is 0.970 bits per heavy atom. The van der Waals surface area contributed by atoms with Gasteiger partial charge in [0.05, 0.1) is 7.11 Å². The number of fused-ring (bicyclic) bond motifs is 1. The van der Waals surface area contributed by atoms with Crippen molar-refractivity contribution < 1.29 is 14.3 Å². The first-order valence-corrected chi connectivity index (χ1v) is 11.1. The minimum absolute atomic E-state index is 0.0347. The van der Waals surface area contributed by atoms with Crippen molar-refractivity contribution in [2.75, 3.05) is 38.0 Å². The average molecular weight is 444 g/mol. The van der Waals surface area contributed by atoms with Crippen LogP contribution in [-0.4, -0.2) is 44.5 Å². The molecule has 0 saturated carbocycles. The lowest BCUT2D eigenvalue weighted by Gasteiger charge is -2.27. The molecule has 170 valence electrons. The van der Waals surface area contributed by atoms with Crippen molar-refractivity contribution in [1.82, 2.24) is 4.90 Å². The number of para-hydroxylation sites is 1. The van der Waals surface area contributed by atoms with Gasteiger partial charge in [0.25, 0.3) is 11.8 Å². The maximum atomic E-state index is 13.4. The third kappa shape index (κ3) is 4.91. The van der Waals surface area contributed by atoms with Crippen LogP contribution in [0.4, 0.5) is 11.4 Å². The Labute approximate surface area is 194 Å². The Kier molecular flexibility index (Phi) is 6.75. The van der Waals surface area contributed by atoms with Crippen LogP contribution in [0, 0.1) is 0 Å². The summed E-state index contributed by atoms with van der Waals surface area (Å²) in [5.41, 5.74) is 3.87. The number of ether oxygens (including phenoxy) is 1. The third-order valence-corrected chi connectivity index (χ3v) is 6.04. The zero-order valence-electron chi connectivity index (χ0n) is 19.2. The molecule has 0 aromatic heterocycles. The molecule has 1 aliphatic rings. The molecule has 3 aromatic carbocycles. The smallest absolute Gasteiger partial charge is 0.258 e. The van der Waals surface area contributed by atoms with E-state index in [1.165, 1.54) is 5.56 Å². The monoisotopic (exact) mass is 443 g/mol. The highest BCUT2D eigenvalue weighted by atomic mass is 16.5. The quantitative estimate of drug-likeness (QED) is 0.603. The first-order chi connectivity index (χ1) is 16.0. The fourth-order valence-electron chi connectivity index (χ4n) is 4.30. The Morgan fingerprint density at radius 2 is 1.73 bits per heavy atom. The summed E-state index contributed by atoms with van der Waals surface area (Å²) in [7, 11) is 5.73. The highest BCUT2D eigenvalue weighted by Gasteiger charge is 2.27. The van der Waals surface area contributed by atoms with E-state index in [-0.39, 0.29) is 17.9 Å². The van der Waals surface area contributed by atoms with Crippen LogP contribution < -0.4 is 15.0 Å². The Bertz CT molecular complexity index is 1140. The van der Waals surface area contributed by atoms with Crippen LogP contribution >= 0.6 is 0 Å². The summed E-state index contributed by atoms with van der Waals surface area (Å²) in [6.07, 6.45) is 1.93. The highest BCUT2D eigenvalue weighted by molar-refractivity contribution is 6.08. The van der Waals surface area contributed by atoms with Crippen LogP contribution in [0.3, 0.4) is 0 Å². The third-order valence-electron chi connectivity index (χ3n) is 6.04. The number of anilines is 2. The van der Waals surface area contributed by atoms with Gasteiger partial charge in [0.15, 0.2) is 0 Å². The van der Waals surface area contributed by atoms with Crippen molar-refractivity contribution in [3.05, 3.63) is 89.5 Å². The van der Waals surface area contributed by atoms with E-state index in [0.29, 0.717) is 29.1 Å². The molecule has 0 radical (unpaired) electrons. The average Bonchev–Trinajstić information content (AvgIpc) is 3.04. The van der Waals surface area contributed by atoms with Crippen molar-refractivity contribution in [2.45, 2.75) is 18.9 Å². The van der Waals surface area contributed by atoms with Gasteiger partial charge >= 0.3 is 0 Å². The number of rotatable bonds is 5. The predicted molar refractivity (Wildman–Crippen MR) is 131 cm³/mol. The minimum atomic E-state index is -0.232. The van der Waals surface area contributed by atoms with Gasteiger partial charge in [0.2, 0.25) is 0 Å². The number of carbonyl (C=O) groups is 2. The summed E-state index contributed by atoms with van der Waals surface area (Å²) in [6.45, 7) is 0.675. The van der Waals surface area contributed by atoms with Gasteiger partial charge in [-0.05, 0) is 81.0 Å². The summed E-state index contributed by atoms with van der Waals surface area (Å²) >= 11 is 0. The second kappa shape index (κ2) is 9.88. The van der Waals surface area contributed by atoms with E-state index >= 15 is 0 Å². The van der Waals surface area contributed by atoms with E-state index in [1.54, 1.807) is 55.6 Å². The molecule has 0 bridgehead atoms. The van der Waals surface area contributed by atoms with Crippen LogP contribution in [0.5, 0.6) is 5.75 Å². The summed E-state index contributed by atoms with van der Waals surface area (Å²) in [6, 6.07) is 22.5. The van der Waals surface area contributed by atoms with Gasteiger partial charge in [-0.1, -0.05) is 24.3 Å². The number of nitrogens with zero attached hydrogens (tertiary/aromatic N) is 2. The first kappa shape index (κ1) is 22.6. The largest absolute Gasteiger partial charge is 0.497 e. The Balaban J connectivity index is 1.52. The van der Waals surface area contributed by atoms with Gasteiger partial charge in [0.1, 0.15) is 5.75 Å². The molecule has 6 heteroatoms. The molecule has 1 unspecified atom stereocenters. The van der Waals surface area contributed by atoms with Crippen LogP contribution in [0.1, 0.15) is 45.2 Å². The topological polar surface area (TPSA) is 61.9 Å². The van der Waals surface area contributed by atoms with Gasteiger partial charge in [-0.3, -0.25) is 9.59 Å². The van der Waals surface area contributed by atoms with Gasteiger partial charge in [-0.25, -0.2) is 0 Å². The second-order valence-corrected chi connectivity index (χ2v) is 8.40. The number of hydrogen-bond donors (Lipinski definition) is 1. The molecule has 0 aliphatic carbocycles. The Morgan fingerprint density at radius 3 is 2.45 bits per heavy atom. The summed E-state index contributed by atoms with van der Waals surface area (Å²) in [5, 5.41) is 2.87. The summed E-state index contributed by atoms with van der Waals surface area (Å²) in [4.78, 5) is 30.1. The highest BCUT2D eigenvalue weighted by Crippen LogP contribution is 2.36. The number of carbonyl (C=O) groups excluding carboxylic acids is 2. The molecule has 33 heavy (non-hydrogen) atoms. The molecule has 4 rings (SSSR count). The lowest BCUT2D eigenvalue weighted by atomic mass is 10.0. The fourth-order valence-corrected chi connectivity index (χ4v) is 4.30. The molecule has 6 nitrogen and oxygen atoms in total. The second-order valence-electron chi connectivity index (χ2n) is 8.40. The van der Waals surface area contributed by atoms with E-state index in [9.17, 15) is 9.59 Å². The molecule has 0 saturated heterocycles. The number of hydrogen-bond acceptors (Lipinski definition) is 4. The molecule has 1 N–H and O–H groups in total. The van der Waals surface area contributed by atoms with Crippen molar-refractivity contribution in [2.24, 2.45) is 0 Å². The van der Waals surface area contributed by atoms with E-state index in [0.717, 1.165) is 18.5 Å². The van der Waals surface area contributed by atoms with Crippen molar-refractivity contribution in [3.63, 3.8) is 0 Å². The molecular formula is C27H29N3O3. The standard InChI is InChI=1S/C27H29N3O3/c1-29(2)24-12-7-17-30(25-11-5-4-10-23(24)25)27(32)19-13-15-21(16-14-19)28-26(31)20-8-6-9-22(18-20)33-3/h4-6,8-11,13-16,18,24H,7,12,17H2,1-3H3,(H,28,31). The van der Waals surface area contributed by atoms with Gasteiger partial charge in [-0.15, -0.1) is 0 Å². The fraction of sp³-hybridized carbons (Fsp3) is 0.259. The number of nitrogens with one attached hydrogen (secondary N) is 1. The van der Waals surface area contributed by atoms with Gasteiger partial charge in [0, 0.05) is 35.1 Å². The molecule has 1 atom stereocenters. The van der Waals surface area contributed by atoms with E-state index < -0.39 is 0 Å². The molecule has 2 amide bonds. The Hall–Kier alpha value is -3.64. The molecular weight excluding hydrogens is 414 g/mol. The molecule has 3 aromatic rings. The molecule has 0 spiro atoms. The zero-order valence-corrected chi connectivity index (χ0v) is 19.2. The summed E-state index contributed by atoms with van der Waals surface area (Å²) < 4.78 is 5.18. The predicted octanol–water partition coefficient (Wildman–Crippen LogP) is 4.99. The number of methoxy groups -OCH3 is 1. The van der Waals surface area contributed by atoms with E-state index in [2.05, 4.69) is 30.4 Å². The van der Waals surface area contributed by atoms with Crippen molar-refractivity contribution >= 4 is 23.2 Å². The molecule has 1 heterocycles. The number of benzene rings is 3. The van der Waals surface area contributed by atoms with Crippen molar-refractivity contribution in [3.8, 4) is 5.75 Å². The lowest BCUT2D eigenvalue weighted by molar-refractivity contribution is 0.0985. The van der Waals surface area contributed by atoms with E-state index in [4.69, 9.17) is 4.74 Å². The van der Waals surface area contributed by atoms with Gasteiger partial charge < -0.3 is 19.9 Å². The van der Waals surface area contributed by atoms with Crippen molar-refractivity contribution in [1.29, 1.82) is 0 Å². The van der Waals surface area contributed by atoms with Gasteiger partial charge in [-0.2, -0.15) is 0 Å². The minimum Gasteiger partial charge on any atom is -0.497 e. The summed E-state index contributed by atoms with van der Waals surface area (Å²) in [5.74, 6) is 0.356.